The van der Waals surface area contributed by atoms with Crippen LogP contribution >= 0.6 is 38.5 Å². The molecule has 2 aromatic rings. The molecule has 3 N–H and O–H groups in total. The quantitative estimate of drug-likeness (QED) is 0.554. The molecule has 0 atom stereocenters. The Bertz CT molecular complexity index is 643. The molecule has 19 heavy (non-hydrogen) atoms. The standard InChI is InChI=1S/C14H12BrIN2O/c1-8-12(17)3-2-4-13(8)18-14(19)10-7-9(16)5-6-11(10)15/h2-7H,17H2,1H3,(H,18,19). The summed E-state index contributed by atoms with van der Waals surface area (Å²) in [6, 6.07) is 11.1. The zero-order chi connectivity index (χ0) is 14.0. The van der Waals surface area contributed by atoms with Gasteiger partial charge in [-0.1, -0.05) is 6.07 Å². The molecule has 5 heteroatoms. The average molecular weight is 431 g/mol. The molecule has 2 rings (SSSR count). The summed E-state index contributed by atoms with van der Waals surface area (Å²) in [5.74, 6) is -0.154. The lowest BCUT2D eigenvalue weighted by molar-refractivity contribution is 0.102. The highest BCUT2D eigenvalue weighted by Crippen LogP contribution is 2.24. The second kappa shape index (κ2) is 5.92. The summed E-state index contributed by atoms with van der Waals surface area (Å²) in [7, 11) is 0. The monoisotopic (exact) mass is 430 g/mol. The number of nitrogen functional groups attached to an aromatic ring is 1. The number of anilines is 2. The molecule has 0 radical (unpaired) electrons. The predicted octanol–water partition coefficient (Wildman–Crippen LogP) is 4.20. The fraction of sp³-hybridized carbons (Fsp3) is 0.0714. The van der Waals surface area contributed by atoms with E-state index in [0.29, 0.717) is 11.3 Å². The first-order valence-electron chi connectivity index (χ1n) is 5.60. The van der Waals surface area contributed by atoms with Crippen molar-refractivity contribution in [3.63, 3.8) is 0 Å². The van der Waals surface area contributed by atoms with Gasteiger partial charge in [0.05, 0.1) is 5.56 Å². The first-order valence-corrected chi connectivity index (χ1v) is 7.47. The van der Waals surface area contributed by atoms with E-state index in [1.807, 2.05) is 43.3 Å². The van der Waals surface area contributed by atoms with Crippen molar-refractivity contribution in [3.8, 4) is 0 Å². The summed E-state index contributed by atoms with van der Waals surface area (Å²) in [4.78, 5) is 12.3. The van der Waals surface area contributed by atoms with Crippen LogP contribution in [0.1, 0.15) is 15.9 Å². The van der Waals surface area contributed by atoms with E-state index in [0.717, 1.165) is 19.3 Å². The highest BCUT2D eigenvalue weighted by atomic mass is 127. The molecule has 2 aromatic carbocycles. The van der Waals surface area contributed by atoms with E-state index in [1.54, 1.807) is 0 Å². The summed E-state index contributed by atoms with van der Waals surface area (Å²) in [5, 5.41) is 2.88. The van der Waals surface area contributed by atoms with Gasteiger partial charge in [0.25, 0.3) is 5.91 Å². The van der Waals surface area contributed by atoms with Crippen LogP contribution in [0.5, 0.6) is 0 Å². The van der Waals surface area contributed by atoms with Crippen LogP contribution in [0.25, 0.3) is 0 Å². The van der Waals surface area contributed by atoms with Gasteiger partial charge in [-0.05, 0) is 81.3 Å². The van der Waals surface area contributed by atoms with Crippen LogP contribution in [0.3, 0.4) is 0 Å². The maximum atomic E-state index is 12.3. The summed E-state index contributed by atoms with van der Waals surface area (Å²) in [5.41, 5.74) is 8.70. The molecule has 0 aromatic heterocycles. The second-order valence-electron chi connectivity index (χ2n) is 4.10. The third kappa shape index (κ3) is 3.27. The van der Waals surface area contributed by atoms with Crippen LogP contribution in [0.4, 0.5) is 11.4 Å². The number of carbonyl (C=O) groups is 1. The fourth-order valence-electron chi connectivity index (χ4n) is 1.65. The predicted molar refractivity (Wildman–Crippen MR) is 90.4 cm³/mol. The fourth-order valence-corrected chi connectivity index (χ4v) is 2.57. The molecule has 0 unspecified atom stereocenters. The Kier molecular flexibility index (Phi) is 4.46. The van der Waals surface area contributed by atoms with Crippen LogP contribution in [0, 0.1) is 10.5 Å². The lowest BCUT2D eigenvalue weighted by Crippen LogP contribution is -2.14. The van der Waals surface area contributed by atoms with E-state index in [2.05, 4.69) is 43.8 Å². The molecule has 0 spiro atoms. The topological polar surface area (TPSA) is 55.1 Å². The van der Waals surface area contributed by atoms with E-state index >= 15 is 0 Å². The van der Waals surface area contributed by atoms with Crippen molar-refractivity contribution in [2.24, 2.45) is 0 Å². The van der Waals surface area contributed by atoms with E-state index in [-0.39, 0.29) is 5.91 Å². The Morgan fingerprint density at radius 2 is 2.05 bits per heavy atom. The Balaban J connectivity index is 2.31. The molecular weight excluding hydrogens is 419 g/mol. The maximum absolute atomic E-state index is 12.3. The number of benzene rings is 2. The second-order valence-corrected chi connectivity index (χ2v) is 6.20. The largest absolute Gasteiger partial charge is 0.398 e. The summed E-state index contributed by atoms with van der Waals surface area (Å²) >= 11 is 5.57. The zero-order valence-electron chi connectivity index (χ0n) is 10.2. The van der Waals surface area contributed by atoms with Gasteiger partial charge < -0.3 is 11.1 Å². The average Bonchev–Trinajstić information content (AvgIpc) is 2.38. The molecule has 0 bridgehead atoms. The van der Waals surface area contributed by atoms with Crippen LogP contribution in [0.15, 0.2) is 40.9 Å². The first kappa shape index (κ1) is 14.3. The Labute approximate surface area is 133 Å². The number of hydrogen-bond donors (Lipinski definition) is 2. The van der Waals surface area contributed by atoms with Crippen molar-refractivity contribution in [1.82, 2.24) is 0 Å². The van der Waals surface area contributed by atoms with Gasteiger partial charge in [-0.15, -0.1) is 0 Å². The van der Waals surface area contributed by atoms with E-state index in [9.17, 15) is 4.79 Å². The van der Waals surface area contributed by atoms with Crippen molar-refractivity contribution in [2.75, 3.05) is 11.1 Å². The maximum Gasteiger partial charge on any atom is 0.256 e. The Morgan fingerprint density at radius 1 is 1.32 bits per heavy atom. The number of nitrogens with two attached hydrogens (primary N) is 1. The minimum atomic E-state index is -0.154. The van der Waals surface area contributed by atoms with Crippen molar-refractivity contribution in [1.29, 1.82) is 0 Å². The molecule has 0 fully saturated rings. The molecule has 98 valence electrons. The van der Waals surface area contributed by atoms with E-state index in [4.69, 9.17) is 5.73 Å². The number of rotatable bonds is 2. The van der Waals surface area contributed by atoms with Gasteiger partial charge in [-0.3, -0.25) is 4.79 Å². The molecule has 0 aliphatic rings. The third-order valence-electron chi connectivity index (χ3n) is 2.80. The minimum absolute atomic E-state index is 0.154. The molecule has 0 aliphatic heterocycles. The summed E-state index contributed by atoms with van der Waals surface area (Å²) in [6.07, 6.45) is 0. The lowest BCUT2D eigenvalue weighted by atomic mass is 10.1. The van der Waals surface area contributed by atoms with Crippen LogP contribution in [0.2, 0.25) is 0 Å². The number of hydrogen-bond acceptors (Lipinski definition) is 2. The van der Waals surface area contributed by atoms with Gasteiger partial charge in [-0.2, -0.15) is 0 Å². The zero-order valence-corrected chi connectivity index (χ0v) is 13.9. The smallest absolute Gasteiger partial charge is 0.256 e. The SMILES string of the molecule is Cc1c(N)cccc1NC(=O)c1cc(I)ccc1Br. The van der Waals surface area contributed by atoms with Gasteiger partial charge in [0.1, 0.15) is 0 Å². The molecule has 0 saturated heterocycles. The molecule has 1 amide bonds. The van der Waals surface area contributed by atoms with Gasteiger partial charge >= 0.3 is 0 Å². The minimum Gasteiger partial charge on any atom is -0.398 e. The molecular formula is C14H12BrIN2O. The lowest BCUT2D eigenvalue weighted by Gasteiger charge is -2.11. The highest BCUT2D eigenvalue weighted by Gasteiger charge is 2.12. The third-order valence-corrected chi connectivity index (χ3v) is 4.16. The van der Waals surface area contributed by atoms with Crippen molar-refractivity contribution >= 4 is 55.8 Å². The molecule has 0 heterocycles. The number of nitrogens with one attached hydrogen (secondary N) is 1. The Hall–Kier alpha value is -1.08. The number of carbonyl (C=O) groups excluding carboxylic acids is 1. The highest BCUT2D eigenvalue weighted by molar-refractivity contribution is 14.1. The molecule has 3 nitrogen and oxygen atoms in total. The van der Waals surface area contributed by atoms with E-state index in [1.165, 1.54) is 0 Å². The molecule has 0 saturated carbocycles. The Morgan fingerprint density at radius 3 is 2.79 bits per heavy atom. The summed E-state index contributed by atoms with van der Waals surface area (Å²) in [6.45, 7) is 1.88. The van der Waals surface area contributed by atoms with Gasteiger partial charge in [0, 0.05) is 19.4 Å². The normalized spacial score (nSPS) is 10.3. The van der Waals surface area contributed by atoms with Crippen molar-refractivity contribution < 1.29 is 4.79 Å². The van der Waals surface area contributed by atoms with Crippen LogP contribution < -0.4 is 11.1 Å². The van der Waals surface area contributed by atoms with Crippen LogP contribution in [-0.4, -0.2) is 5.91 Å². The summed E-state index contributed by atoms with van der Waals surface area (Å²) < 4.78 is 1.78. The molecule has 0 aliphatic carbocycles. The van der Waals surface area contributed by atoms with Crippen molar-refractivity contribution in [3.05, 3.63) is 55.6 Å². The van der Waals surface area contributed by atoms with Crippen molar-refractivity contribution in [2.45, 2.75) is 6.92 Å². The van der Waals surface area contributed by atoms with E-state index < -0.39 is 0 Å². The first-order chi connectivity index (χ1) is 8.99. The number of halogens is 2. The number of amides is 1. The van der Waals surface area contributed by atoms with Gasteiger partial charge in [0.2, 0.25) is 0 Å². The van der Waals surface area contributed by atoms with Gasteiger partial charge in [-0.25, -0.2) is 0 Å². The van der Waals surface area contributed by atoms with Gasteiger partial charge in [0.15, 0.2) is 0 Å². The van der Waals surface area contributed by atoms with Crippen LogP contribution in [-0.2, 0) is 0 Å².